The Balaban J connectivity index is 2.55. The van der Waals surface area contributed by atoms with Crippen LogP contribution in [0.25, 0.3) is 0 Å². The summed E-state index contributed by atoms with van der Waals surface area (Å²) in [4.78, 5) is 41.9. The number of ether oxygens (including phenoxy) is 1. The van der Waals surface area contributed by atoms with E-state index in [-0.39, 0.29) is 5.75 Å². The van der Waals surface area contributed by atoms with Crippen molar-refractivity contribution in [2.75, 3.05) is 17.6 Å². The van der Waals surface area contributed by atoms with Gasteiger partial charge in [-0.05, 0) is 76.3 Å². The minimum atomic E-state index is -0.992. The van der Waals surface area contributed by atoms with Crippen LogP contribution in [0.2, 0.25) is 5.02 Å². The lowest BCUT2D eigenvalue weighted by molar-refractivity contribution is -0.140. The van der Waals surface area contributed by atoms with Crippen molar-refractivity contribution in [3.05, 3.63) is 63.7 Å². The van der Waals surface area contributed by atoms with Crippen LogP contribution < -0.4 is 10.6 Å². The fourth-order valence-electron chi connectivity index (χ4n) is 3.92. The monoisotopic (exact) mass is 561 g/mol. The highest BCUT2D eigenvalue weighted by Crippen LogP contribution is 2.30. The highest BCUT2D eigenvalue weighted by Gasteiger charge is 2.36. The molecule has 3 amide bonds. The van der Waals surface area contributed by atoms with E-state index in [4.69, 9.17) is 16.3 Å². The molecule has 0 radical (unpaired) electrons. The first-order valence-electron chi connectivity index (χ1n) is 12.8. The molecule has 0 fully saturated rings. The predicted octanol–water partition coefficient (Wildman–Crippen LogP) is 6.40. The fourth-order valence-corrected chi connectivity index (χ4v) is 4.44. The number of rotatable bonds is 10. The molecular formula is C29H40ClN3O4S. The number of nitrogens with zero attached hydrogens (tertiary/aromatic N) is 1. The molecule has 2 aromatic rings. The Labute approximate surface area is 237 Å². The third kappa shape index (κ3) is 8.67. The number of hydrogen-bond acceptors (Lipinski definition) is 5. The van der Waals surface area contributed by atoms with Crippen LogP contribution in [0.5, 0.6) is 0 Å². The summed E-state index contributed by atoms with van der Waals surface area (Å²) in [6.45, 7) is 13.4. The van der Waals surface area contributed by atoms with Gasteiger partial charge in [0.1, 0.15) is 17.7 Å². The van der Waals surface area contributed by atoms with Gasteiger partial charge >= 0.3 is 6.09 Å². The van der Waals surface area contributed by atoms with Gasteiger partial charge < -0.3 is 20.3 Å². The van der Waals surface area contributed by atoms with Gasteiger partial charge in [-0.1, -0.05) is 55.3 Å². The molecule has 7 nitrogen and oxygen atoms in total. The number of nitrogens with one attached hydrogen (secondary N) is 2. The van der Waals surface area contributed by atoms with Crippen molar-refractivity contribution in [1.29, 1.82) is 0 Å². The van der Waals surface area contributed by atoms with E-state index in [0.717, 1.165) is 23.1 Å². The Bertz CT molecular complexity index is 1130. The first-order valence-corrected chi connectivity index (χ1v) is 13.8. The van der Waals surface area contributed by atoms with Crippen LogP contribution in [0.3, 0.4) is 0 Å². The summed E-state index contributed by atoms with van der Waals surface area (Å²) in [5.74, 6) is -0.788. The minimum Gasteiger partial charge on any atom is -0.444 e. The molecule has 208 valence electrons. The normalized spacial score (nSPS) is 12.9. The topological polar surface area (TPSA) is 87.7 Å². The van der Waals surface area contributed by atoms with Gasteiger partial charge in [0.15, 0.2) is 0 Å². The van der Waals surface area contributed by atoms with Crippen molar-refractivity contribution in [2.24, 2.45) is 0 Å². The molecule has 0 aliphatic carbocycles. The molecule has 0 heterocycles. The number of unbranched alkanes of at least 4 members (excludes halogenated alkanes) is 1. The number of carbonyl (C=O) groups is 3. The van der Waals surface area contributed by atoms with Crippen LogP contribution >= 0.6 is 24.2 Å². The molecule has 0 bridgehead atoms. The van der Waals surface area contributed by atoms with Gasteiger partial charge in [-0.15, -0.1) is 0 Å². The van der Waals surface area contributed by atoms with Gasteiger partial charge in [-0.3, -0.25) is 9.59 Å². The number of benzene rings is 2. The first-order chi connectivity index (χ1) is 17.8. The molecular weight excluding hydrogens is 522 g/mol. The van der Waals surface area contributed by atoms with Crippen molar-refractivity contribution >= 4 is 47.8 Å². The molecule has 0 aromatic heterocycles. The average Bonchev–Trinajstić information content (AvgIpc) is 2.83. The number of halogens is 1. The molecule has 2 rings (SSSR count). The lowest BCUT2D eigenvalue weighted by Gasteiger charge is -2.34. The Kier molecular flexibility index (Phi) is 11.5. The summed E-state index contributed by atoms with van der Waals surface area (Å²) in [5, 5.41) is 5.99. The second-order valence-electron chi connectivity index (χ2n) is 10.4. The van der Waals surface area contributed by atoms with Gasteiger partial charge in [0.05, 0.1) is 10.7 Å². The lowest BCUT2D eigenvalue weighted by atomic mass is 9.98. The molecule has 2 aromatic carbocycles. The summed E-state index contributed by atoms with van der Waals surface area (Å²) in [6.07, 6.45) is 0.746. The molecule has 0 aliphatic rings. The molecule has 0 spiro atoms. The van der Waals surface area contributed by atoms with Gasteiger partial charge in [-0.2, -0.15) is 12.6 Å². The van der Waals surface area contributed by atoms with Crippen LogP contribution in [0.4, 0.5) is 10.5 Å². The number of hydrogen-bond donors (Lipinski definition) is 3. The third-order valence-corrected chi connectivity index (χ3v) is 6.76. The maximum Gasteiger partial charge on any atom is 0.408 e. The van der Waals surface area contributed by atoms with Gasteiger partial charge in [0, 0.05) is 12.3 Å². The van der Waals surface area contributed by atoms with Crippen molar-refractivity contribution in [3.63, 3.8) is 0 Å². The molecule has 0 saturated heterocycles. The third-order valence-electron chi connectivity index (χ3n) is 6.08. The first kappa shape index (κ1) is 31.5. The summed E-state index contributed by atoms with van der Waals surface area (Å²) < 4.78 is 5.36. The van der Waals surface area contributed by atoms with E-state index < -0.39 is 35.6 Å². The number of anilines is 1. The number of alkyl carbamates (subject to hydrolysis) is 1. The SMILES string of the molecule is CCCCN(C(=O)C(CS)NC(=O)OC(C)(C)C)C(C(=O)Nc1c(C)cccc1Cl)c1ccc(C)c(C)c1. The molecule has 0 saturated carbocycles. The smallest absolute Gasteiger partial charge is 0.408 e. The van der Waals surface area contributed by atoms with E-state index in [9.17, 15) is 14.4 Å². The molecule has 2 atom stereocenters. The minimum absolute atomic E-state index is 0.0333. The van der Waals surface area contributed by atoms with Gasteiger partial charge in [-0.25, -0.2) is 4.79 Å². The zero-order valence-corrected chi connectivity index (χ0v) is 25.0. The zero-order chi connectivity index (χ0) is 28.6. The molecule has 2 N–H and O–H groups in total. The van der Waals surface area contributed by atoms with E-state index in [1.807, 2.05) is 58.0 Å². The number of aryl methyl sites for hydroxylation is 3. The quantitative estimate of drug-likeness (QED) is 0.293. The highest BCUT2D eigenvalue weighted by molar-refractivity contribution is 7.80. The van der Waals surface area contributed by atoms with Crippen LogP contribution in [0, 0.1) is 20.8 Å². The van der Waals surface area contributed by atoms with Crippen molar-refractivity contribution in [3.8, 4) is 0 Å². The molecule has 2 unspecified atom stereocenters. The van der Waals surface area contributed by atoms with Crippen LogP contribution in [-0.4, -0.2) is 46.7 Å². The molecule has 9 heteroatoms. The Morgan fingerprint density at radius 1 is 1.05 bits per heavy atom. The number of carbonyl (C=O) groups excluding carboxylic acids is 3. The summed E-state index contributed by atoms with van der Waals surface area (Å²) in [7, 11) is 0. The summed E-state index contributed by atoms with van der Waals surface area (Å²) in [5.41, 5.74) is 3.29. The average molecular weight is 562 g/mol. The van der Waals surface area contributed by atoms with Crippen LogP contribution in [0.15, 0.2) is 36.4 Å². The predicted molar refractivity (Wildman–Crippen MR) is 157 cm³/mol. The second kappa shape index (κ2) is 13.9. The van der Waals surface area contributed by atoms with E-state index in [0.29, 0.717) is 29.2 Å². The Hall–Kier alpha value is -2.71. The van der Waals surface area contributed by atoms with E-state index in [1.54, 1.807) is 26.8 Å². The van der Waals surface area contributed by atoms with E-state index in [1.165, 1.54) is 4.90 Å². The van der Waals surface area contributed by atoms with Gasteiger partial charge in [0.2, 0.25) is 5.91 Å². The Morgan fingerprint density at radius 3 is 2.29 bits per heavy atom. The van der Waals surface area contributed by atoms with Crippen molar-refractivity contribution in [1.82, 2.24) is 10.2 Å². The number of para-hydroxylation sites is 1. The molecule has 0 aliphatic heterocycles. The highest BCUT2D eigenvalue weighted by atomic mass is 35.5. The molecule has 38 heavy (non-hydrogen) atoms. The van der Waals surface area contributed by atoms with Crippen LogP contribution in [0.1, 0.15) is 68.8 Å². The van der Waals surface area contributed by atoms with E-state index >= 15 is 0 Å². The summed E-state index contributed by atoms with van der Waals surface area (Å²) in [6, 6.07) is 9.12. The van der Waals surface area contributed by atoms with Crippen LogP contribution in [-0.2, 0) is 14.3 Å². The number of thiol groups is 1. The standard InChI is InChI=1S/C29H40ClN3O4S/c1-8-9-15-33(27(35)23(17-38)31-28(36)37-29(5,6)7)25(21-14-13-18(2)20(4)16-21)26(34)32-24-19(3)11-10-12-22(24)30/h10-14,16,23,25,38H,8-9,15,17H2,1-7H3,(H,31,36)(H,32,34). The maximum absolute atomic E-state index is 13.9. The van der Waals surface area contributed by atoms with Gasteiger partial charge in [0.25, 0.3) is 5.91 Å². The van der Waals surface area contributed by atoms with Crippen molar-refractivity contribution in [2.45, 2.75) is 79.0 Å². The zero-order valence-electron chi connectivity index (χ0n) is 23.4. The fraction of sp³-hybridized carbons (Fsp3) is 0.483. The number of amides is 3. The second-order valence-corrected chi connectivity index (χ2v) is 11.2. The Morgan fingerprint density at radius 2 is 1.74 bits per heavy atom. The largest absolute Gasteiger partial charge is 0.444 e. The van der Waals surface area contributed by atoms with Crippen molar-refractivity contribution < 1.29 is 19.1 Å². The lowest BCUT2D eigenvalue weighted by Crippen LogP contribution is -2.53. The van der Waals surface area contributed by atoms with E-state index in [2.05, 4.69) is 23.3 Å². The summed E-state index contributed by atoms with van der Waals surface area (Å²) >= 11 is 10.7. The maximum atomic E-state index is 13.9.